The van der Waals surface area contributed by atoms with Gasteiger partial charge in [-0.25, -0.2) is 15.0 Å². The Morgan fingerprint density at radius 2 is 1.72 bits per heavy atom. The number of nitrogens with two attached hydrogens (primary N) is 1. The normalized spacial score (nSPS) is 12.3. The standard InChI is InChI=1S/C6H9N3.C6H5N3.C4H5N3/c2*1-3-9-4-2-8-6(9)5-7-1;5-4-3-6-1-2-7-4/h2,4,7H,1,3,5H2;1-5H;1-3H,(H2,5,7). The Kier molecular flexibility index (Phi) is 5.62. The Bertz CT molecular complexity index is 834. The second kappa shape index (κ2) is 8.50. The van der Waals surface area contributed by atoms with Gasteiger partial charge >= 0.3 is 0 Å². The summed E-state index contributed by atoms with van der Waals surface area (Å²) in [5, 5.41) is 3.24. The van der Waals surface area contributed by atoms with Crippen molar-refractivity contribution in [1.29, 1.82) is 0 Å². The summed E-state index contributed by atoms with van der Waals surface area (Å²) in [5.41, 5.74) is 6.07. The van der Waals surface area contributed by atoms with Gasteiger partial charge in [-0.2, -0.15) is 0 Å². The quantitative estimate of drug-likeness (QED) is 0.487. The van der Waals surface area contributed by atoms with Crippen molar-refractivity contribution < 1.29 is 0 Å². The zero-order valence-electron chi connectivity index (χ0n) is 13.6. The number of aromatic nitrogens is 7. The lowest BCUT2D eigenvalue weighted by Gasteiger charge is -2.13. The Labute approximate surface area is 144 Å². The molecule has 0 aliphatic carbocycles. The molecule has 25 heavy (non-hydrogen) atoms. The maximum absolute atomic E-state index is 5.18. The summed E-state index contributed by atoms with van der Waals surface area (Å²) in [4.78, 5) is 19.5. The molecule has 0 unspecified atom stereocenters. The van der Waals surface area contributed by atoms with Crippen LogP contribution in [-0.4, -0.2) is 40.4 Å². The van der Waals surface area contributed by atoms with E-state index in [4.69, 9.17) is 5.73 Å². The van der Waals surface area contributed by atoms with Gasteiger partial charge in [0.25, 0.3) is 0 Å². The van der Waals surface area contributed by atoms with E-state index in [-0.39, 0.29) is 0 Å². The largest absolute Gasteiger partial charge is 0.382 e. The van der Waals surface area contributed by atoms with Gasteiger partial charge in [-0.15, -0.1) is 0 Å². The predicted molar refractivity (Wildman–Crippen MR) is 93.4 cm³/mol. The lowest BCUT2D eigenvalue weighted by Crippen LogP contribution is -2.27. The van der Waals surface area contributed by atoms with Crippen molar-refractivity contribution >= 4 is 11.5 Å². The van der Waals surface area contributed by atoms with E-state index in [1.54, 1.807) is 31.0 Å². The Morgan fingerprint density at radius 3 is 2.44 bits per heavy atom. The van der Waals surface area contributed by atoms with E-state index in [1.165, 1.54) is 6.20 Å². The maximum atomic E-state index is 5.18. The molecular formula is C16H19N9. The summed E-state index contributed by atoms with van der Waals surface area (Å²) >= 11 is 0. The van der Waals surface area contributed by atoms with Gasteiger partial charge in [-0.05, 0) is 0 Å². The van der Waals surface area contributed by atoms with Crippen LogP contribution < -0.4 is 11.1 Å². The molecular weight excluding hydrogens is 318 g/mol. The number of nitrogens with zero attached hydrogens (tertiary/aromatic N) is 7. The molecule has 1 aliphatic rings. The number of nitrogen functional groups attached to an aromatic ring is 1. The van der Waals surface area contributed by atoms with Crippen LogP contribution >= 0.6 is 0 Å². The van der Waals surface area contributed by atoms with E-state index in [2.05, 4.69) is 34.8 Å². The molecule has 0 amide bonds. The van der Waals surface area contributed by atoms with Crippen LogP contribution in [0.25, 0.3) is 5.65 Å². The molecule has 5 heterocycles. The SMILES string of the molecule is Nc1cnccn1.c1cn2c(n1)CNCC2.c1cn2ccnc2cn1. The fourth-order valence-corrected chi connectivity index (χ4v) is 2.19. The van der Waals surface area contributed by atoms with Crippen LogP contribution in [0.5, 0.6) is 0 Å². The third kappa shape index (κ3) is 4.82. The molecule has 0 saturated carbocycles. The fraction of sp³-hybridized carbons (Fsp3) is 0.188. The Morgan fingerprint density at radius 1 is 0.880 bits per heavy atom. The monoisotopic (exact) mass is 337 g/mol. The highest BCUT2D eigenvalue weighted by molar-refractivity contribution is 5.33. The molecule has 0 spiro atoms. The van der Waals surface area contributed by atoms with E-state index in [0.29, 0.717) is 5.82 Å². The molecule has 9 nitrogen and oxygen atoms in total. The lowest BCUT2D eigenvalue weighted by atomic mass is 10.4. The van der Waals surface area contributed by atoms with Crippen molar-refractivity contribution in [3.63, 3.8) is 0 Å². The summed E-state index contributed by atoms with van der Waals surface area (Å²) < 4.78 is 4.09. The first-order valence-corrected chi connectivity index (χ1v) is 7.78. The molecule has 0 bridgehead atoms. The van der Waals surface area contributed by atoms with E-state index in [9.17, 15) is 0 Å². The third-order valence-electron chi connectivity index (χ3n) is 3.40. The number of imidazole rings is 2. The minimum absolute atomic E-state index is 0.461. The zero-order chi connectivity index (χ0) is 17.3. The molecule has 4 aromatic rings. The molecule has 0 fully saturated rings. The van der Waals surface area contributed by atoms with E-state index in [1.807, 2.05) is 29.2 Å². The topological polar surface area (TPSA) is 112 Å². The summed E-state index contributed by atoms with van der Waals surface area (Å²) in [5.74, 6) is 1.61. The molecule has 1 aliphatic heterocycles. The molecule has 128 valence electrons. The van der Waals surface area contributed by atoms with Crippen LogP contribution in [0.1, 0.15) is 5.82 Å². The number of rotatable bonds is 0. The molecule has 9 heteroatoms. The highest BCUT2D eigenvalue weighted by Gasteiger charge is 2.05. The third-order valence-corrected chi connectivity index (χ3v) is 3.40. The van der Waals surface area contributed by atoms with Gasteiger partial charge in [-0.1, -0.05) is 0 Å². The van der Waals surface area contributed by atoms with E-state index < -0.39 is 0 Å². The number of hydrogen-bond donors (Lipinski definition) is 2. The summed E-state index contributed by atoms with van der Waals surface area (Å²) in [6.07, 6.45) is 17.5. The van der Waals surface area contributed by atoms with Crippen molar-refractivity contribution in [1.82, 2.24) is 39.2 Å². The molecule has 0 atom stereocenters. The van der Waals surface area contributed by atoms with Crippen LogP contribution in [0, 0.1) is 0 Å². The first-order chi connectivity index (χ1) is 12.3. The van der Waals surface area contributed by atoms with Gasteiger partial charge in [0.2, 0.25) is 0 Å². The first-order valence-electron chi connectivity index (χ1n) is 7.78. The highest BCUT2D eigenvalue weighted by Crippen LogP contribution is 2.00. The van der Waals surface area contributed by atoms with Crippen LogP contribution in [0.3, 0.4) is 0 Å². The molecule has 5 rings (SSSR count). The number of anilines is 1. The summed E-state index contributed by atoms with van der Waals surface area (Å²) in [7, 11) is 0. The average Bonchev–Trinajstić information content (AvgIpc) is 3.32. The van der Waals surface area contributed by atoms with Crippen LogP contribution in [-0.2, 0) is 13.1 Å². The average molecular weight is 337 g/mol. The second-order valence-corrected chi connectivity index (χ2v) is 5.11. The van der Waals surface area contributed by atoms with Gasteiger partial charge in [0.1, 0.15) is 11.6 Å². The number of nitrogens with one attached hydrogen (secondary N) is 1. The predicted octanol–water partition coefficient (Wildman–Crippen LogP) is 0.774. The molecule has 0 saturated heterocycles. The second-order valence-electron chi connectivity index (χ2n) is 5.11. The van der Waals surface area contributed by atoms with Crippen molar-refractivity contribution in [2.75, 3.05) is 12.3 Å². The van der Waals surface area contributed by atoms with Gasteiger partial charge in [0.15, 0.2) is 5.65 Å². The number of fused-ring (bicyclic) bond motifs is 2. The fourth-order valence-electron chi connectivity index (χ4n) is 2.19. The van der Waals surface area contributed by atoms with Gasteiger partial charge in [0, 0.05) is 62.7 Å². The van der Waals surface area contributed by atoms with Crippen molar-refractivity contribution in [2.45, 2.75) is 13.1 Å². The number of hydrogen-bond acceptors (Lipinski definition) is 7. The molecule has 0 aromatic carbocycles. The smallest absolute Gasteiger partial charge is 0.155 e. The van der Waals surface area contributed by atoms with Crippen molar-refractivity contribution in [3.8, 4) is 0 Å². The van der Waals surface area contributed by atoms with Gasteiger partial charge < -0.3 is 20.0 Å². The highest BCUT2D eigenvalue weighted by atomic mass is 15.1. The van der Waals surface area contributed by atoms with E-state index >= 15 is 0 Å². The van der Waals surface area contributed by atoms with Crippen LogP contribution in [0.4, 0.5) is 5.82 Å². The summed E-state index contributed by atoms with van der Waals surface area (Å²) in [6.45, 7) is 3.06. The molecule has 0 radical (unpaired) electrons. The van der Waals surface area contributed by atoms with Crippen LogP contribution in [0.2, 0.25) is 0 Å². The minimum Gasteiger partial charge on any atom is -0.382 e. The van der Waals surface area contributed by atoms with Crippen molar-refractivity contribution in [2.24, 2.45) is 0 Å². The lowest BCUT2D eigenvalue weighted by molar-refractivity contribution is 0.505. The van der Waals surface area contributed by atoms with E-state index in [0.717, 1.165) is 31.1 Å². The zero-order valence-corrected chi connectivity index (χ0v) is 13.6. The Hall–Kier alpha value is -3.33. The summed E-state index contributed by atoms with van der Waals surface area (Å²) in [6, 6.07) is 0. The minimum atomic E-state index is 0.461. The van der Waals surface area contributed by atoms with Crippen LogP contribution in [0.15, 0.2) is 62.0 Å². The molecule has 3 N–H and O–H groups in total. The van der Waals surface area contributed by atoms with Gasteiger partial charge in [-0.3, -0.25) is 9.97 Å². The first kappa shape index (κ1) is 16.5. The molecule has 4 aromatic heterocycles. The van der Waals surface area contributed by atoms with Gasteiger partial charge in [0.05, 0.1) is 18.9 Å². The Balaban J connectivity index is 0.000000111. The van der Waals surface area contributed by atoms with Crippen molar-refractivity contribution in [3.05, 3.63) is 67.8 Å². The maximum Gasteiger partial charge on any atom is 0.155 e.